The van der Waals surface area contributed by atoms with Crippen molar-refractivity contribution < 1.29 is 4.43 Å². The zero-order valence-corrected chi connectivity index (χ0v) is 15.7. The van der Waals surface area contributed by atoms with E-state index in [0.717, 1.165) is 23.7 Å². The van der Waals surface area contributed by atoms with Crippen molar-refractivity contribution in [3.8, 4) is 0 Å². The van der Waals surface area contributed by atoms with Gasteiger partial charge in [0.05, 0.1) is 6.10 Å². The predicted octanol–water partition coefficient (Wildman–Crippen LogP) is 5.24. The molecular weight excluding hydrogens is 320 g/mol. The molecule has 0 heterocycles. The predicted molar refractivity (Wildman–Crippen MR) is 102 cm³/mol. The minimum absolute atomic E-state index is 0.375. The Balaban J connectivity index is 1.35. The van der Waals surface area contributed by atoms with E-state index in [1.807, 2.05) is 0 Å². The molecule has 4 aliphatic rings. The summed E-state index contributed by atoms with van der Waals surface area (Å²) in [6, 6.07) is 21.8. The fourth-order valence-electron chi connectivity index (χ4n) is 5.83. The van der Waals surface area contributed by atoms with E-state index >= 15 is 0 Å². The molecule has 0 aliphatic heterocycles. The molecule has 4 bridgehead atoms. The second-order valence-corrected chi connectivity index (χ2v) is 9.43. The van der Waals surface area contributed by atoms with E-state index in [0.29, 0.717) is 21.4 Å². The molecule has 0 saturated heterocycles. The van der Waals surface area contributed by atoms with Crippen molar-refractivity contribution in [2.24, 2.45) is 23.7 Å². The van der Waals surface area contributed by atoms with Gasteiger partial charge in [-0.3, -0.25) is 0 Å². The fraction of sp³-hybridized carbons (Fsp3) is 0.478. The molecule has 6 rings (SSSR count). The molecule has 2 aromatic carbocycles. The average Bonchev–Trinajstić information content (AvgIpc) is 2.65. The Bertz CT molecular complexity index is 631. The molecule has 0 aromatic heterocycles. The summed E-state index contributed by atoms with van der Waals surface area (Å²) in [6.45, 7) is 0. The van der Waals surface area contributed by atoms with E-state index in [2.05, 4.69) is 60.7 Å². The zero-order chi connectivity index (χ0) is 16.6. The van der Waals surface area contributed by atoms with Gasteiger partial charge in [-0.2, -0.15) is 0 Å². The third-order valence-corrected chi connectivity index (χ3v) is 8.04. The Hall–Kier alpha value is -1.38. The maximum atomic E-state index is 6.72. The molecule has 0 atom stereocenters. The average molecular weight is 347 g/mol. The monoisotopic (exact) mass is 346 g/mol. The van der Waals surface area contributed by atoms with Crippen molar-refractivity contribution in [2.75, 3.05) is 0 Å². The lowest BCUT2D eigenvalue weighted by molar-refractivity contribution is -0.0789. The summed E-state index contributed by atoms with van der Waals surface area (Å²) in [5.41, 5.74) is 3.14. The third kappa shape index (κ3) is 3.11. The topological polar surface area (TPSA) is 9.23 Å². The molecule has 4 saturated carbocycles. The van der Waals surface area contributed by atoms with Gasteiger partial charge in [-0.25, -0.2) is 0 Å². The molecule has 0 amide bonds. The van der Waals surface area contributed by atoms with Crippen LogP contribution in [0, 0.1) is 23.7 Å². The maximum absolute atomic E-state index is 6.72. The summed E-state index contributed by atoms with van der Waals surface area (Å²) in [6.07, 6.45) is 7.78. The van der Waals surface area contributed by atoms with E-state index in [1.54, 1.807) is 0 Å². The number of hydrogen-bond acceptors (Lipinski definition) is 1. The molecule has 128 valence electrons. The Morgan fingerprint density at radius 3 is 1.64 bits per heavy atom. The zero-order valence-electron chi connectivity index (χ0n) is 14.7. The van der Waals surface area contributed by atoms with E-state index < -0.39 is 0 Å². The minimum atomic E-state index is 0.375. The van der Waals surface area contributed by atoms with Gasteiger partial charge >= 0.3 is 0 Å². The van der Waals surface area contributed by atoms with Gasteiger partial charge < -0.3 is 4.43 Å². The van der Waals surface area contributed by atoms with Gasteiger partial charge in [0.15, 0.2) is 0 Å². The molecule has 2 heteroatoms. The molecule has 2 radical (unpaired) electrons. The van der Waals surface area contributed by atoms with E-state index in [-0.39, 0.29) is 0 Å². The lowest BCUT2D eigenvalue weighted by atomic mass is 9.55. The van der Waals surface area contributed by atoms with Gasteiger partial charge in [-0.1, -0.05) is 60.7 Å². The largest absolute Gasteiger partial charge is 0.413 e. The Morgan fingerprint density at radius 1 is 0.680 bits per heavy atom. The molecule has 25 heavy (non-hydrogen) atoms. The second kappa shape index (κ2) is 6.73. The molecule has 0 spiro atoms. The highest BCUT2D eigenvalue weighted by Gasteiger charge is 2.48. The van der Waals surface area contributed by atoms with Crippen LogP contribution in [0.15, 0.2) is 60.7 Å². The number of benzene rings is 2. The van der Waals surface area contributed by atoms with E-state index in [4.69, 9.17) is 4.43 Å². The Morgan fingerprint density at radius 2 is 1.16 bits per heavy atom. The summed E-state index contributed by atoms with van der Waals surface area (Å²) >= 11 is 0. The highest BCUT2D eigenvalue weighted by molar-refractivity contribution is 6.31. The highest BCUT2D eigenvalue weighted by atomic mass is 28.2. The van der Waals surface area contributed by atoms with Gasteiger partial charge in [0.2, 0.25) is 9.76 Å². The molecular formula is C23H26OSi. The lowest BCUT2D eigenvalue weighted by Crippen LogP contribution is -2.50. The van der Waals surface area contributed by atoms with Crippen molar-refractivity contribution >= 4 is 9.76 Å². The normalized spacial score (nSPS) is 33.1. The van der Waals surface area contributed by atoms with Gasteiger partial charge in [0.1, 0.15) is 0 Å². The Labute approximate surface area is 153 Å². The van der Waals surface area contributed by atoms with Gasteiger partial charge in [0.25, 0.3) is 0 Å². The Kier molecular flexibility index (Phi) is 4.27. The lowest BCUT2D eigenvalue weighted by Gasteiger charge is -2.54. The second-order valence-electron chi connectivity index (χ2n) is 8.39. The highest BCUT2D eigenvalue weighted by Crippen LogP contribution is 2.54. The summed E-state index contributed by atoms with van der Waals surface area (Å²) in [4.78, 5) is 0. The van der Waals surface area contributed by atoms with Gasteiger partial charge in [-0.15, -0.1) is 0 Å². The van der Waals surface area contributed by atoms with Crippen molar-refractivity contribution in [3.05, 3.63) is 71.8 Å². The molecule has 0 unspecified atom stereocenters. The molecule has 4 aliphatic carbocycles. The summed E-state index contributed by atoms with van der Waals surface area (Å²) in [7, 11) is 0.525. The van der Waals surface area contributed by atoms with Crippen LogP contribution in [-0.2, 0) is 4.43 Å². The first-order chi connectivity index (χ1) is 12.4. The van der Waals surface area contributed by atoms with Crippen molar-refractivity contribution in [2.45, 2.75) is 43.7 Å². The first-order valence-corrected chi connectivity index (χ1v) is 10.9. The summed E-state index contributed by atoms with van der Waals surface area (Å²) in [5, 5.41) is 0. The summed E-state index contributed by atoms with van der Waals surface area (Å²) < 4.78 is 6.72. The first kappa shape index (κ1) is 15.8. The van der Waals surface area contributed by atoms with Gasteiger partial charge in [0, 0.05) is 5.54 Å². The number of hydrogen-bond donors (Lipinski definition) is 0. The van der Waals surface area contributed by atoms with Crippen molar-refractivity contribution in [1.82, 2.24) is 0 Å². The van der Waals surface area contributed by atoms with Crippen LogP contribution in [0.2, 0.25) is 0 Å². The van der Waals surface area contributed by atoms with Gasteiger partial charge in [-0.05, 0) is 66.9 Å². The van der Waals surface area contributed by atoms with Crippen molar-refractivity contribution in [1.29, 1.82) is 0 Å². The van der Waals surface area contributed by atoms with Crippen LogP contribution < -0.4 is 0 Å². The van der Waals surface area contributed by atoms with Crippen LogP contribution in [0.4, 0.5) is 0 Å². The summed E-state index contributed by atoms with van der Waals surface area (Å²) in [5.74, 6) is 3.72. The standard InChI is InChI=1S/C23H26OSi/c1-3-7-18(8-4-1)23(19-9-5-2-6-10-19)25-24-22-20-12-16-11-17(14-20)15-21(22)13-16/h1-10,16-17,20-23H,11-15H2. The third-order valence-electron chi connectivity index (χ3n) is 6.73. The van der Waals surface area contributed by atoms with E-state index in [1.165, 1.54) is 43.2 Å². The van der Waals surface area contributed by atoms with Crippen LogP contribution in [-0.4, -0.2) is 15.9 Å². The molecule has 2 aromatic rings. The van der Waals surface area contributed by atoms with Crippen LogP contribution >= 0.6 is 0 Å². The SMILES string of the molecule is c1ccc(C([Si]OC2C3CC4CC(C3)CC2C4)c2ccccc2)cc1. The van der Waals surface area contributed by atoms with Crippen LogP contribution in [0.5, 0.6) is 0 Å². The van der Waals surface area contributed by atoms with Crippen molar-refractivity contribution in [3.63, 3.8) is 0 Å². The smallest absolute Gasteiger partial charge is 0.243 e. The molecule has 1 nitrogen and oxygen atoms in total. The minimum Gasteiger partial charge on any atom is -0.413 e. The molecule has 0 N–H and O–H groups in total. The fourth-order valence-corrected chi connectivity index (χ4v) is 7.17. The number of rotatable bonds is 5. The van der Waals surface area contributed by atoms with Crippen LogP contribution in [0.3, 0.4) is 0 Å². The van der Waals surface area contributed by atoms with Crippen LogP contribution in [0.25, 0.3) is 0 Å². The molecule has 4 fully saturated rings. The quantitative estimate of drug-likeness (QED) is 0.673. The van der Waals surface area contributed by atoms with Crippen LogP contribution in [0.1, 0.15) is 48.8 Å². The maximum Gasteiger partial charge on any atom is 0.243 e. The van der Waals surface area contributed by atoms with E-state index in [9.17, 15) is 0 Å². The first-order valence-electron chi connectivity index (χ1n) is 9.88.